The van der Waals surface area contributed by atoms with Crippen LogP contribution in [-0.4, -0.2) is 87.4 Å². The van der Waals surface area contributed by atoms with E-state index in [9.17, 15) is 9.59 Å². The number of pyridine rings is 1. The number of carbonyl (C=O) groups is 2. The highest BCUT2D eigenvalue weighted by molar-refractivity contribution is 5.94. The lowest BCUT2D eigenvalue weighted by Crippen LogP contribution is -2.47. The van der Waals surface area contributed by atoms with Gasteiger partial charge in [0.25, 0.3) is 5.91 Å². The molecule has 8 nitrogen and oxygen atoms in total. The Kier molecular flexibility index (Phi) is 6.89. The number of piperazine rings is 1. The topological polar surface area (TPSA) is 74.6 Å². The summed E-state index contributed by atoms with van der Waals surface area (Å²) < 4.78 is 1.98. The minimum absolute atomic E-state index is 0.0671. The molecule has 0 aromatic carbocycles. The number of hydrogen-bond donors (Lipinski definition) is 0. The van der Waals surface area contributed by atoms with Crippen LogP contribution >= 0.6 is 0 Å². The molecule has 1 atom stereocenters. The fourth-order valence-electron chi connectivity index (χ4n) is 4.71. The fraction of sp³-hybridized carbons (Fsp3) is 0.583. The Balaban J connectivity index is 1.32. The number of likely N-dealkylation sites (tertiary alicyclic amines) is 1. The third-order valence-corrected chi connectivity index (χ3v) is 6.89. The SMILES string of the molecule is CCc1nccn1C(C)C(=O)N1CCC(c2ccc(C(=O)N3CCN(C)CC3)cn2)CC1. The van der Waals surface area contributed by atoms with Crippen molar-refractivity contribution in [3.8, 4) is 0 Å². The molecule has 0 saturated carbocycles. The van der Waals surface area contributed by atoms with Crippen LogP contribution in [-0.2, 0) is 11.2 Å². The van der Waals surface area contributed by atoms with Crippen molar-refractivity contribution in [2.24, 2.45) is 0 Å². The number of imidazole rings is 1. The number of aryl methyl sites for hydroxylation is 1. The smallest absolute Gasteiger partial charge is 0.255 e. The first-order valence-corrected chi connectivity index (χ1v) is 11.7. The molecule has 0 N–H and O–H groups in total. The normalized spacial score (nSPS) is 19.2. The van der Waals surface area contributed by atoms with Crippen LogP contribution in [0.5, 0.6) is 0 Å². The molecule has 0 aliphatic carbocycles. The number of rotatable bonds is 5. The van der Waals surface area contributed by atoms with Crippen molar-refractivity contribution in [1.82, 2.24) is 29.2 Å². The van der Waals surface area contributed by atoms with Gasteiger partial charge in [-0.1, -0.05) is 6.92 Å². The van der Waals surface area contributed by atoms with E-state index in [1.54, 1.807) is 12.4 Å². The van der Waals surface area contributed by atoms with Crippen LogP contribution in [0.15, 0.2) is 30.7 Å². The zero-order valence-corrected chi connectivity index (χ0v) is 19.4. The molecule has 2 saturated heterocycles. The molecular formula is C24H34N6O2. The van der Waals surface area contributed by atoms with Gasteiger partial charge >= 0.3 is 0 Å². The van der Waals surface area contributed by atoms with Crippen LogP contribution in [0.2, 0.25) is 0 Å². The number of carbonyl (C=O) groups excluding carboxylic acids is 2. The average molecular weight is 439 g/mol. The summed E-state index contributed by atoms with van der Waals surface area (Å²) in [6.07, 6.45) is 7.97. The highest BCUT2D eigenvalue weighted by atomic mass is 16.2. The molecular weight excluding hydrogens is 404 g/mol. The quantitative estimate of drug-likeness (QED) is 0.716. The van der Waals surface area contributed by atoms with E-state index in [-0.39, 0.29) is 17.9 Å². The van der Waals surface area contributed by atoms with Crippen LogP contribution in [0, 0.1) is 0 Å². The summed E-state index contributed by atoms with van der Waals surface area (Å²) in [5.74, 6) is 1.48. The van der Waals surface area contributed by atoms with Crippen LogP contribution in [0.25, 0.3) is 0 Å². The zero-order valence-electron chi connectivity index (χ0n) is 19.4. The van der Waals surface area contributed by atoms with Gasteiger partial charge in [0.2, 0.25) is 5.91 Å². The Morgan fingerprint density at radius 2 is 1.75 bits per heavy atom. The molecule has 2 aromatic rings. The molecule has 4 rings (SSSR count). The maximum Gasteiger partial charge on any atom is 0.255 e. The summed E-state index contributed by atoms with van der Waals surface area (Å²) in [7, 11) is 2.08. The number of likely N-dealkylation sites (N-methyl/N-ethyl adjacent to an activating group) is 1. The number of nitrogens with zero attached hydrogens (tertiary/aromatic N) is 6. The minimum atomic E-state index is -0.234. The molecule has 0 radical (unpaired) electrons. The number of aromatic nitrogens is 3. The Morgan fingerprint density at radius 3 is 2.38 bits per heavy atom. The Hall–Kier alpha value is -2.74. The van der Waals surface area contributed by atoms with E-state index in [0.717, 1.165) is 70.0 Å². The zero-order chi connectivity index (χ0) is 22.7. The van der Waals surface area contributed by atoms with Gasteiger partial charge in [-0.05, 0) is 38.9 Å². The van der Waals surface area contributed by atoms with Crippen molar-refractivity contribution in [1.29, 1.82) is 0 Å². The van der Waals surface area contributed by atoms with E-state index in [0.29, 0.717) is 11.5 Å². The van der Waals surface area contributed by atoms with Crippen molar-refractivity contribution in [2.75, 3.05) is 46.3 Å². The van der Waals surface area contributed by atoms with Gasteiger partial charge in [0.15, 0.2) is 0 Å². The first-order chi connectivity index (χ1) is 15.5. The molecule has 2 aromatic heterocycles. The second kappa shape index (κ2) is 9.81. The van der Waals surface area contributed by atoms with Gasteiger partial charge < -0.3 is 19.3 Å². The Labute approximate surface area is 190 Å². The van der Waals surface area contributed by atoms with Crippen LogP contribution in [0.4, 0.5) is 0 Å². The van der Waals surface area contributed by atoms with Crippen molar-refractivity contribution in [2.45, 2.75) is 45.1 Å². The maximum absolute atomic E-state index is 13.0. The fourth-order valence-corrected chi connectivity index (χ4v) is 4.71. The monoisotopic (exact) mass is 438 g/mol. The van der Waals surface area contributed by atoms with E-state index >= 15 is 0 Å². The standard InChI is InChI=1S/C24H34N6O2/c1-4-22-25-9-12-30(22)18(2)23(31)28-10-7-19(8-11-28)21-6-5-20(17-26-21)24(32)29-15-13-27(3)14-16-29/h5-6,9,12,17-19H,4,7-8,10-11,13-16H2,1-3H3. The lowest BCUT2D eigenvalue weighted by molar-refractivity contribution is -0.135. The molecule has 4 heterocycles. The Morgan fingerprint density at radius 1 is 1.03 bits per heavy atom. The molecule has 2 fully saturated rings. The lowest BCUT2D eigenvalue weighted by Gasteiger charge is -2.34. The summed E-state index contributed by atoms with van der Waals surface area (Å²) in [5, 5.41) is 0. The molecule has 2 aliphatic rings. The second-order valence-corrected chi connectivity index (χ2v) is 8.95. The minimum Gasteiger partial charge on any atom is -0.341 e. The first kappa shape index (κ1) is 22.5. The third kappa shape index (κ3) is 4.70. The van der Waals surface area contributed by atoms with E-state index in [1.165, 1.54) is 0 Å². The summed E-state index contributed by atoms with van der Waals surface area (Å²) >= 11 is 0. The van der Waals surface area contributed by atoms with E-state index in [1.807, 2.05) is 39.6 Å². The highest BCUT2D eigenvalue weighted by Crippen LogP contribution is 2.28. The molecule has 172 valence electrons. The molecule has 2 aliphatic heterocycles. The van der Waals surface area contributed by atoms with Crippen LogP contribution in [0.1, 0.15) is 60.5 Å². The maximum atomic E-state index is 13.0. The molecule has 8 heteroatoms. The molecule has 32 heavy (non-hydrogen) atoms. The van der Waals surface area contributed by atoms with Crippen LogP contribution < -0.4 is 0 Å². The summed E-state index contributed by atoms with van der Waals surface area (Å²) in [6, 6.07) is 3.67. The number of piperidine rings is 1. The average Bonchev–Trinajstić information content (AvgIpc) is 3.32. The van der Waals surface area contributed by atoms with Crippen molar-refractivity contribution in [3.63, 3.8) is 0 Å². The van der Waals surface area contributed by atoms with Crippen molar-refractivity contribution < 1.29 is 9.59 Å². The molecule has 2 amide bonds. The molecule has 0 bridgehead atoms. The van der Waals surface area contributed by atoms with Gasteiger partial charge in [-0.3, -0.25) is 14.6 Å². The van der Waals surface area contributed by atoms with Crippen molar-refractivity contribution >= 4 is 11.8 Å². The summed E-state index contributed by atoms with van der Waals surface area (Å²) in [6.45, 7) is 8.82. The summed E-state index contributed by atoms with van der Waals surface area (Å²) in [4.78, 5) is 40.8. The van der Waals surface area contributed by atoms with Gasteiger partial charge in [0.05, 0.1) is 5.56 Å². The lowest BCUT2D eigenvalue weighted by atomic mass is 9.92. The van der Waals surface area contributed by atoms with Crippen molar-refractivity contribution in [3.05, 3.63) is 47.8 Å². The predicted octanol–water partition coefficient (Wildman–Crippen LogP) is 2.20. The second-order valence-electron chi connectivity index (χ2n) is 8.95. The number of amides is 2. The van der Waals surface area contributed by atoms with E-state index < -0.39 is 0 Å². The highest BCUT2D eigenvalue weighted by Gasteiger charge is 2.29. The van der Waals surface area contributed by atoms with Gasteiger partial charge in [0, 0.05) is 75.9 Å². The molecule has 0 spiro atoms. The largest absolute Gasteiger partial charge is 0.341 e. The predicted molar refractivity (Wildman–Crippen MR) is 123 cm³/mol. The number of hydrogen-bond acceptors (Lipinski definition) is 5. The Bertz CT molecular complexity index is 924. The van der Waals surface area contributed by atoms with Gasteiger partial charge in [-0.25, -0.2) is 4.98 Å². The van der Waals surface area contributed by atoms with E-state index in [2.05, 4.69) is 28.8 Å². The van der Waals surface area contributed by atoms with Gasteiger partial charge in [0.1, 0.15) is 11.9 Å². The van der Waals surface area contributed by atoms with Gasteiger partial charge in [-0.2, -0.15) is 0 Å². The van der Waals surface area contributed by atoms with E-state index in [4.69, 9.17) is 0 Å². The summed E-state index contributed by atoms with van der Waals surface area (Å²) in [5.41, 5.74) is 1.68. The first-order valence-electron chi connectivity index (χ1n) is 11.7. The van der Waals surface area contributed by atoms with Gasteiger partial charge in [-0.15, -0.1) is 0 Å². The molecule has 1 unspecified atom stereocenters. The third-order valence-electron chi connectivity index (χ3n) is 6.89. The van der Waals surface area contributed by atoms with Crippen LogP contribution in [0.3, 0.4) is 0 Å².